The van der Waals surface area contributed by atoms with Crippen molar-refractivity contribution in [2.45, 2.75) is 43.4 Å². The number of para-hydroxylation sites is 1. The van der Waals surface area contributed by atoms with Gasteiger partial charge in [-0.2, -0.15) is 0 Å². The first kappa shape index (κ1) is 27.6. The summed E-state index contributed by atoms with van der Waals surface area (Å²) in [4.78, 5) is 69.4. The molecular weight excluding hydrogens is 462 g/mol. The van der Waals surface area contributed by atoms with Gasteiger partial charge < -0.3 is 21.9 Å². The monoisotopic (exact) mass is 485 g/mol. The molecule has 1 aromatic rings. The Morgan fingerprint density at radius 2 is 1.68 bits per heavy atom. The fourth-order valence-electron chi connectivity index (χ4n) is 3.22. The summed E-state index contributed by atoms with van der Waals surface area (Å²) in [5.41, 5.74) is 5.80. The zero-order chi connectivity index (χ0) is 26.1. The number of rotatable bonds is 15. The molecule has 2 amide bonds. The molecule has 0 spiro atoms. The van der Waals surface area contributed by atoms with Gasteiger partial charge >= 0.3 is 23.6 Å². The van der Waals surface area contributed by atoms with Gasteiger partial charge in [0.1, 0.15) is 18.2 Å². The number of nitrogens with zero attached hydrogens (tertiary/aromatic N) is 4. The van der Waals surface area contributed by atoms with Gasteiger partial charge in [-0.3, -0.25) is 29.8 Å². The summed E-state index contributed by atoms with van der Waals surface area (Å²) in [7, 11) is 0. The molecule has 0 aliphatic heterocycles. The molecule has 6 N–H and O–H groups in total. The van der Waals surface area contributed by atoms with Crippen LogP contribution in [-0.2, 0) is 14.4 Å². The molecule has 17 nitrogen and oxygen atoms in total. The maximum absolute atomic E-state index is 13.3. The third-order valence-electron chi connectivity index (χ3n) is 4.76. The number of anilines is 1. The molecule has 0 fully saturated rings. The molecule has 0 aliphatic carbocycles. The Morgan fingerprint density at radius 3 is 2.09 bits per heavy atom. The number of carboxylic acid groups (broad SMARTS) is 1. The van der Waals surface area contributed by atoms with Crippen molar-refractivity contribution < 1.29 is 34.4 Å². The number of aliphatic carboxylic acids is 1. The summed E-state index contributed by atoms with van der Waals surface area (Å²) in [6, 6.07) is 1.04. The van der Waals surface area contributed by atoms with Gasteiger partial charge in [0.15, 0.2) is 5.03 Å². The Morgan fingerprint density at radius 1 is 1.09 bits per heavy atom. The third-order valence-corrected chi connectivity index (χ3v) is 4.76. The summed E-state index contributed by atoms with van der Waals surface area (Å²) in [6.45, 7) is 0.171. The molecule has 1 aromatic carbocycles. The lowest BCUT2D eigenvalue weighted by Crippen LogP contribution is -2.74. The summed E-state index contributed by atoms with van der Waals surface area (Å²) in [6.07, 6.45) is -1.25. The number of nitro groups is 3. The molecule has 0 saturated heterocycles. The van der Waals surface area contributed by atoms with Crippen LogP contribution in [0.4, 0.5) is 5.69 Å². The number of carboxylic acids is 1. The van der Waals surface area contributed by atoms with Crippen LogP contribution in [0.1, 0.15) is 25.7 Å². The van der Waals surface area contributed by atoms with Crippen molar-refractivity contribution in [3.63, 3.8) is 0 Å². The van der Waals surface area contributed by atoms with E-state index in [1.807, 2.05) is 0 Å². The molecule has 1 rings (SSSR count). The van der Waals surface area contributed by atoms with Crippen molar-refractivity contribution >= 4 is 23.5 Å². The molecule has 3 unspecified atom stereocenters. The highest BCUT2D eigenvalue weighted by atomic mass is 16.7. The summed E-state index contributed by atoms with van der Waals surface area (Å²) < 4.78 is 0. The van der Waals surface area contributed by atoms with Crippen molar-refractivity contribution in [3.05, 3.63) is 60.7 Å². The minimum atomic E-state index is -3.90. The molecule has 0 saturated carbocycles. The van der Waals surface area contributed by atoms with Gasteiger partial charge in [0.2, 0.25) is 5.91 Å². The van der Waals surface area contributed by atoms with E-state index in [2.05, 4.69) is 0 Å². The summed E-state index contributed by atoms with van der Waals surface area (Å²) >= 11 is 0. The van der Waals surface area contributed by atoms with Crippen LogP contribution in [0.15, 0.2) is 30.3 Å². The highest BCUT2D eigenvalue weighted by Gasteiger charge is 2.75. The first-order chi connectivity index (χ1) is 15.9. The number of unbranched alkanes of at least 4 members (excludes halogenated alkanes) is 1. The number of nitrogens with one attached hydrogen (secondary N) is 1. The van der Waals surface area contributed by atoms with Gasteiger partial charge in [-0.15, -0.1) is 0 Å². The molecular formula is C17H23N7O10. The SMILES string of the molecule is NCCCCC(NC(=O)C(C(CC(N)=O)[N+](=O)[O-])(N(c1ccccc1)[N+](=O)[O-])[N+](=O)[O-])C(=O)O. The van der Waals surface area contributed by atoms with E-state index >= 15 is 0 Å². The first-order valence-electron chi connectivity index (χ1n) is 9.70. The van der Waals surface area contributed by atoms with E-state index in [0.717, 1.165) is 12.1 Å². The molecule has 17 heteroatoms. The maximum atomic E-state index is 13.3. The Bertz CT molecular complexity index is 944. The van der Waals surface area contributed by atoms with E-state index < -0.39 is 62.5 Å². The topological polar surface area (TPSA) is 268 Å². The van der Waals surface area contributed by atoms with Crippen molar-refractivity contribution in [3.8, 4) is 0 Å². The van der Waals surface area contributed by atoms with Crippen molar-refractivity contribution in [2.24, 2.45) is 11.5 Å². The summed E-state index contributed by atoms with van der Waals surface area (Å²) in [5.74, 6) is -5.10. The molecule has 0 radical (unpaired) electrons. The molecule has 3 atom stereocenters. The molecule has 0 aliphatic rings. The standard InChI is InChI=1S/C17H23N7O10/c18-9-5-4-8-12(15(26)27)20-16(28)17(23(31)32,13(22(29)30)10-14(19)25)21(24(33)34)11-6-2-1-3-7-11/h1-3,6-7,12-13H,4-5,8-10,18H2,(H2,19,25)(H,20,28)(H,26,27). The highest BCUT2D eigenvalue weighted by molar-refractivity contribution is 5.92. The highest BCUT2D eigenvalue weighted by Crippen LogP contribution is 2.32. The van der Waals surface area contributed by atoms with Crippen LogP contribution in [-0.4, -0.2) is 62.1 Å². The zero-order valence-electron chi connectivity index (χ0n) is 17.6. The maximum Gasteiger partial charge on any atom is 0.491 e. The predicted octanol–water partition coefficient (Wildman–Crippen LogP) is -1.12. The van der Waals surface area contributed by atoms with Gasteiger partial charge in [0.25, 0.3) is 0 Å². The molecule has 0 heterocycles. The van der Waals surface area contributed by atoms with Crippen LogP contribution in [0.25, 0.3) is 0 Å². The quantitative estimate of drug-likeness (QED) is 0.0995. The lowest BCUT2D eigenvalue weighted by Gasteiger charge is -2.31. The average Bonchev–Trinajstić information content (AvgIpc) is 2.74. The van der Waals surface area contributed by atoms with E-state index in [1.165, 1.54) is 18.2 Å². The number of hydrogen-bond acceptors (Lipinski definition) is 10. The smallest absolute Gasteiger partial charge is 0.480 e. The Kier molecular flexibility index (Phi) is 9.75. The molecule has 186 valence electrons. The summed E-state index contributed by atoms with van der Waals surface area (Å²) in [5, 5.41) is 45.5. The normalized spacial score (nSPS) is 14.1. The minimum Gasteiger partial charge on any atom is -0.480 e. The van der Waals surface area contributed by atoms with Crippen molar-refractivity contribution in [1.29, 1.82) is 0 Å². The molecule has 34 heavy (non-hydrogen) atoms. The van der Waals surface area contributed by atoms with E-state index in [9.17, 15) is 49.8 Å². The second-order valence-corrected chi connectivity index (χ2v) is 6.99. The number of carbonyl (C=O) groups is 3. The van der Waals surface area contributed by atoms with Crippen LogP contribution >= 0.6 is 0 Å². The lowest BCUT2D eigenvalue weighted by atomic mass is 9.94. The van der Waals surface area contributed by atoms with E-state index in [-0.39, 0.29) is 24.4 Å². The largest absolute Gasteiger partial charge is 0.491 e. The van der Waals surface area contributed by atoms with Gasteiger partial charge in [-0.1, -0.05) is 18.2 Å². The fourth-order valence-corrected chi connectivity index (χ4v) is 3.22. The van der Waals surface area contributed by atoms with Gasteiger partial charge in [-0.25, -0.2) is 14.9 Å². The van der Waals surface area contributed by atoms with Gasteiger partial charge in [0, 0.05) is 4.92 Å². The van der Waals surface area contributed by atoms with Crippen LogP contribution in [0.5, 0.6) is 0 Å². The van der Waals surface area contributed by atoms with Gasteiger partial charge in [-0.05, 0) is 42.9 Å². The number of hydrogen-bond donors (Lipinski definition) is 4. The average molecular weight is 485 g/mol. The number of amides is 2. The number of primary amides is 1. The zero-order valence-corrected chi connectivity index (χ0v) is 17.6. The van der Waals surface area contributed by atoms with Gasteiger partial charge in [0.05, 0.1) is 4.92 Å². The number of nitrogens with two attached hydrogens (primary N) is 2. The fraction of sp³-hybridized carbons (Fsp3) is 0.471. The van der Waals surface area contributed by atoms with E-state index in [0.29, 0.717) is 6.42 Å². The van der Waals surface area contributed by atoms with Crippen molar-refractivity contribution in [1.82, 2.24) is 5.32 Å². The first-order valence-corrected chi connectivity index (χ1v) is 9.70. The predicted molar refractivity (Wildman–Crippen MR) is 113 cm³/mol. The lowest BCUT2D eigenvalue weighted by molar-refractivity contribution is -0.677. The van der Waals surface area contributed by atoms with E-state index in [4.69, 9.17) is 11.5 Å². The van der Waals surface area contributed by atoms with Crippen LogP contribution in [0, 0.1) is 30.3 Å². The number of benzene rings is 1. The second-order valence-electron chi connectivity index (χ2n) is 6.99. The number of hydrazine groups is 1. The van der Waals surface area contributed by atoms with Crippen LogP contribution in [0.2, 0.25) is 0 Å². The minimum absolute atomic E-state index is 0.150. The Hall–Kier alpha value is -4.41. The third kappa shape index (κ3) is 6.09. The Balaban J connectivity index is 3.83. The molecule has 0 aromatic heterocycles. The number of carbonyl (C=O) groups excluding carboxylic acids is 2. The van der Waals surface area contributed by atoms with Crippen LogP contribution < -0.4 is 21.8 Å². The van der Waals surface area contributed by atoms with Crippen LogP contribution in [0.3, 0.4) is 0 Å². The molecule has 0 bridgehead atoms. The second kappa shape index (κ2) is 12.0. The Labute approximate surface area is 191 Å². The van der Waals surface area contributed by atoms with E-state index in [1.54, 1.807) is 5.32 Å². The van der Waals surface area contributed by atoms with Crippen molar-refractivity contribution in [2.75, 3.05) is 11.6 Å².